The summed E-state index contributed by atoms with van der Waals surface area (Å²) in [6.45, 7) is 18.8. The summed E-state index contributed by atoms with van der Waals surface area (Å²) in [5.41, 5.74) is 17.6. The summed E-state index contributed by atoms with van der Waals surface area (Å²) in [5.74, 6) is -0.319. The molecule has 8 rings (SSSR count). The number of carbonyl (C=O) groups excluding carboxylic acids is 2. The molecule has 0 spiro atoms. The van der Waals surface area contributed by atoms with Gasteiger partial charge in [0, 0.05) is 86.0 Å². The maximum Gasteiger partial charge on any atom is 0.324 e. The first-order valence-corrected chi connectivity index (χ1v) is 20.5. The molecule has 1 aromatic carbocycles. The van der Waals surface area contributed by atoms with Gasteiger partial charge in [0.15, 0.2) is 0 Å². The first kappa shape index (κ1) is 37.2. The monoisotopic (exact) mass is 740 g/mol. The lowest BCUT2D eigenvalue weighted by molar-refractivity contribution is -0.155. The van der Waals surface area contributed by atoms with E-state index in [1.54, 1.807) is 0 Å². The number of carbonyl (C=O) groups is 2. The van der Waals surface area contributed by atoms with Crippen LogP contribution in [0.2, 0.25) is 0 Å². The van der Waals surface area contributed by atoms with Crippen LogP contribution in [0.15, 0.2) is 30.5 Å². The summed E-state index contributed by atoms with van der Waals surface area (Å²) in [6.07, 6.45) is 6.99. The maximum atomic E-state index is 13.6. The number of benzene rings is 1. The highest BCUT2D eigenvalue weighted by Crippen LogP contribution is 2.43. The molecular weight excluding hydrogens is 681 g/mol. The quantitative estimate of drug-likeness (QED) is 0.357. The number of nitrogens with one attached hydrogen (secondary N) is 1. The summed E-state index contributed by atoms with van der Waals surface area (Å²) >= 11 is 0. The van der Waals surface area contributed by atoms with E-state index in [9.17, 15) is 9.59 Å². The van der Waals surface area contributed by atoms with Gasteiger partial charge in [0.25, 0.3) is 5.91 Å². The second-order valence-corrected chi connectivity index (χ2v) is 17.4. The van der Waals surface area contributed by atoms with Crippen LogP contribution in [0.25, 0.3) is 22.2 Å². The molecule has 292 valence electrons. The number of pyridine rings is 1. The highest BCUT2D eigenvalue weighted by Gasteiger charge is 2.36. The number of nitrogens with zero attached hydrogens (tertiary/aromatic N) is 6. The maximum absolute atomic E-state index is 13.6. The molecule has 54 heavy (non-hydrogen) atoms. The fourth-order valence-electron chi connectivity index (χ4n) is 9.19. The number of esters is 1. The summed E-state index contributed by atoms with van der Waals surface area (Å²) in [6, 6.07) is 8.71. The van der Waals surface area contributed by atoms with Crippen molar-refractivity contribution in [2.24, 2.45) is 11.1 Å². The Balaban J connectivity index is 1.23. The average molecular weight is 741 g/mol. The number of anilines is 2. The van der Waals surface area contributed by atoms with Crippen LogP contribution in [-0.2, 0) is 32.0 Å². The molecule has 1 amide bonds. The molecule has 2 aromatic heterocycles. The molecule has 6 heterocycles. The van der Waals surface area contributed by atoms with E-state index in [2.05, 4.69) is 89.8 Å². The van der Waals surface area contributed by atoms with Gasteiger partial charge in [-0.25, -0.2) is 5.43 Å². The van der Waals surface area contributed by atoms with Crippen LogP contribution >= 0.6 is 0 Å². The third-order valence-electron chi connectivity index (χ3n) is 12.3. The Morgan fingerprint density at radius 1 is 1.00 bits per heavy atom. The first-order valence-electron chi connectivity index (χ1n) is 20.5. The Kier molecular flexibility index (Phi) is 10.4. The minimum Gasteiger partial charge on any atom is -0.464 e. The molecule has 3 atom stereocenters. The Bertz CT molecular complexity index is 1860. The lowest BCUT2D eigenvalue weighted by atomic mass is 9.84. The van der Waals surface area contributed by atoms with Crippen molar-refractivity contribution in [3.05, 3.63) is 41.7 Å². The molecule has 12 heteroatoms. The summed E-state index contributed by atoms with van der Waals surface area (Å²) in [7, 11) is 0. The molecule has 3 saturated heterocycles. The van der Waals surface area contributed by atoms with Crippen molar-refractivity contribution in [2.45, 2.75) is 110 Å². The summed E-state index contributed by atoms with van der Waals surface area (Å²) in [4.78, 5) is 39.8. The summed E-state index contributed by atoms with van der Waals surface area (Å²) in [5, 5.41) is 2.73. The van der Waals surface area contributed by atoms with E-state index >= 15 is 0 Å². The van der Waals surface area contributed by atoms with Crippen molar-refractivity contribution in [1.82, 2.24) is 24.9 Å². The van der Waals surface area contributed by atoms with Crippen LogP contribution in [-0.4, -0.2) is 115 Å². The van der Waals surface area contributed by atoms with Crippen molar-refractivity contribution in [2.75, 3.05) is 68.8 Å². The van der Waals surface area contributed by atoms with Crippen molar-refractivity contribution in [3.8, 4) is 11.3 Å². The highest BCUT2D eigenvalue weighted by molar-refractivity contribution is 5.95. The van der Waals surface area contributed by atoms with Crippen LogP contribution in [0.5, 0.6) is 0 Å². The van der Waals surface area contributed by atoms with Gasteiger partial charge in [-0.1, -0.05) is 27.7 Å². The van der Waals surface area contributed by atoms with Crippen molar-refractivity contribution in [1.29, 1.82) is 0 Å². The molecule has 0 unspecified atom stereocenters. The molecule has 3 aromatic rings. The molecule has 0 radical (unpaired) electrons. The number of hydrogen-bond acceptors (Lipinski definition) is 10. The van der Waals surface area contributed by atoms with E-state index in [0.29, 0.717) is 45.4 Å². The Morgan fingerprint density at radius 2 is 1.80 bits per heavy atom. The number of fused-ring (bicyclic) bond motifs is 6. The number of rotatable bonds is 5. The predicted molar refractivity (Wildman–Crippen MR) is 213 cm³/mol. The van der Waals surface area contributed by atoms with E-state index < -0.39 is 17.5 Å². The molecule has 3 N–H and O–H groups in total. The Labute approximate surface area is 320 Å². The number of morpholine rings is 1. The molecule has 5 aliphatic rings. The van der Waals surface area contributed by atoms with Gasteiger partial charge >= 0.3 is 5.97 Å². The van der Waals surface area contributed by atoms with Gasteiger partial charge in [-0.3, -0.25) is 24.5 Å². The molecule has 4 fully saturated rings. The lowest BCUT2D eigenvalue weighted by Gasteiger charge is -2.37. The number of cyclic esters (lactones) is 1. The molecular formula is C42H60N8O4. The molecule has 12 nitrogen and oxygen atoms in total. The highest BCUT2D eigenvalue weighted by atomic mass is 16.5. The van der Waals surface area contributed by atoms with E-state index in [1.165, 1.54) is 51.3 Å². The molecule has 6 bridgehead atoms. The van der Waals surface area contributed by atoms with Crippen LogP contribution in [0, 0.1) is 5.41 Å². The SMILES string of the molecule is CCn1c(-c2cc(N3CCN(C4CC4)CC3)cnc2C(C)C)c2c3cc(ccc31)N1CCO[C@@H](C[C@H](N)C(=O)N3CCC[C@H](N3)C(=O)OCC(C)(C)C2)C1. The number of piperazine rings is 1. The number of aromatic nitrogens is 2. The zero-order valence-corrected chi connectivity index (χ0v) is 33.0. The number of amides is 1. The van der Waals surface area contributed by atoms with Crippen molar-refractivity contribution in [3.63, 3.8) is 0 Å². The van der Waals surface area contributed by atoms with Crippen LogP contribution in [0.3, 0.4) is 0 Å². The van der Waals surface area contributed by atoms with E-state index in [1.807, 2.05) is 0 Å². The number of nitrogens with two attached hydrogens (primary N) is 1. The van der Waals surface area contributed by atoms with Crippen molar-refractivity contribution < 1.29 is 19.1 Å². The van der Waals surface area contributed by atoms with Crippen molar-refractivity contribution >= 4 is 34.2 Å². The van der Waals surface area contributed by atoms with Gasteiger partial charge in [0.1, 0.15) is 6.04 Å². The normalized spacial score (nSPS) is 26.0. The van der Waals surface area contributed by atoms with Crippen LogP contribution in [0.1, 0.15) is 83.9 Å². The summed E-state index contributed by atoms with van der Waals surface area (Å²) < 4.78 is 14.8. The van der Waals surface area contributed by atoms with Gasteiger partial charge < -0.3 is 29.6 Å². The number of hydrogen-bond donors (Lipinski definition) is 2. The minimum atomic E-state index is -0.744. The average Bonchev–Trinajstić information content (AvgIpc) is 3.99. The molecule has 1 aliphatic carbocycles. The largest absolute Gasteiger partial charge is 0.464 e. The smallest absolute Gasteiger partial charge is 0.324 e. The fourth-order valence-corrected chi connectivity index (χ4v) is 9.19. The van der Waals surface area contributed by atoms with Crippen LogP contribution < -0.4 is 21.0 Å². The third kappa shape index (κ3) is 7.46. The van der Waals surface area contributed by atoms with Gasteiger partial charge in [0.2, 0.25) is 0 Å². The van der Waals surface area contributed by atoms with E-state index in [-0.39, 0.29) is 30.5 Å². The Hall–Kier alpha value is -3.71. The van der Waals surface area contributed by atoms with E-state index in [0.717, 1.165) is 56.7 Å². The Morgan fingerprint density at radius 3 is 2.54 bits per heavy atom. The zero-order chi connectivity index (χ0) is 37.7. The fraction of sp³-hybridized carbons (Fsp3) is 0.643. The van der Waals surface area contributed by atoms with Gasteiger partial charge in [-0.2, -0.15) is 0 Å². The number of hydrazine groups is 1. The second kappa shape index (κ2) is 15.1. The van der Waals surface area contributed by atoms with Gasteiger partial charge in [-0.15, -0.1) is 0 Å². The molecule has 4 aliphatic heterocycles. The topological polar surface area (TPSA) is 121 Å². The van der Waals surface area contributed by atoms with Crippen LogP contribution in [0.4, 0.5) is 11.4 Å². The molecule has 1 saturated carbocycles. The lowest BCUT2D eigenvalue weighted by Crippen LogP contribution is -2.59. The minimum absolute atomic E-state index is 0.194. The third-order valence-corrected chi connectivity index (χ3v) is 12.3. The number of ether oxygens (including phenoxy) is 2. The van der Waals surface area contributed by atoms with E-state index in [4.69, 9.17) is 20.2 Å². The first-order chi connectivity index (χ1) is 26.0. The standard InChI is InChI=1S/C42H60N8O4/c1-6-49-37-12-11-29-20-32(37)34(39(49)33-21-30(24-44-38(33)27(2)3)47-16-14-46(15-17-47)28-9-10-28)23-42(4,5)26-54-41(52)36-8-7-13-50(45-36)40(51)35(43)22-31-25-48(29)18-19-53-31/h11-12,20-21,24,27-28,31,35-36,45H,6-10,13-19,22-23,25-26,43H2,1-5H3/t31-,35-,36-/m0/s1. The number of aryl methyl sites for hydroxylation is 1. The van der Waals surface area contributed by atoms with Gasteiger partial charge in [-0.05, 0) is 81.2 Å². The second-order valence-electron chi connectivity index (χ2n) is 17.4. The zero-order valence-electron chi connectivity index (χ0n) is 33.0. The van der Waals surface area contributed by atoms with Gasteiger partial charge in [0.05, 0.1) is 48.6 Å². The predicted octanol–water partition coefficient (Wildman–Crippen LogP) is 4.67.